The second-order valence-corrected chi connectivity index (χ2v) is 3.45. The van der Waals surface area contributed by atoms with Crippen molar-refractivity contribution in [1.29, 1.82) is 0 Å². The number of hydrogen-bond acceptors (Lipinski definition) is 1. The van der Waals surface area contributed by atoms with Crippen molar-refractivity contribution < 1.29 is 0 Å². The van der Waals surface area contributed by atoms with Crippen LogP contribution in [0.2, 0.25) is 0 Å². The Morgan fingerprint density at radius 1 is 1.45 bits per heavy atom. The fourth-order valence-corrected chi connectivity index (χ4v) is 1.13. The summed E-state index contributed by atoms with van der Waals surface area (Å²) in [6, 6.07) is 0.599. The molecule has 0 aromatic heterocycles. The summed E-state index contributed by atoms with van der Waals surface area (Å²) < 4.78 is 0. The van der Waals surface area contributed by atoms with Crippen LogP contribution in [0.3, 0.4) is 0 Å². The van der Waals surface area contributed by atoms with Crippen molar-refractivity contribution in [2.75, 3.05) is 7.05 Å². The molecule has 0 fully saturated rings. The van der Waals surface area contributed by atoms with Gasteiger partial charge in [0.25, 0.3) is 0 Å². The first-order valence-corrected chi connectivity index (χ1v) is 4.45. The predicted molar refractivity (Wildman–Crippen MR) is 51.7 cm³/mol. The maximum Gasteiger partial charge on any atom is 0.0124 e. The summed E-state index contributed by atoms with van der Waals surface area (Å²) in [5.74, 6) is 0.697. The molecule has 0 rings (SSSR count). The van der Waals surface area contributed by atoms with E-state index in [1.54, 1.807) is 0 Å². The van der Waals surface area contributed by atoms with Crippen molar-refractivity contribution >= 4 is 0 Å². The van der Waals surface area contributed by atoms with Crippen LogP contribution in [-0.2, 0) is 0 Å². The third kappa shape index (κ3) is 4.20. The number of rotatable bonds is 5. The first-order chi connectivity index (χ1) is 5.11. The summed E-state index contributed by atoms with van der Waals surface area (Å²) in [4.78, 5) is 0. The van der Waals surface area contributed by atoms with E-state index in [0.29, 0.717) is 12.0 Å². The van der Waals surface area contributed by atoms with Crippen molar-refractivity contribution in [3.63, 3.8) is 0 Å². The Labute approximate surface area is 70.9 Å². The molecule has 0 saturated carbocycles. The molecule has 0 spiro atoms. The standard InChI is InChI=1S/C10H21N/c1-6-9(4)7-10(11-5)8(2)3/h8,10-11H,4,6-7H2,1-3,5H3. The van der Waals surface area contributed by atoms with Gasteiger partial charge < -0.3 is 5.32 Å². The van der Waals surface area contributed by atoms with E-state index in [2.05, 4.69) is 32.7 Å². The normalized spacial score (nSPS) is 13.5. The largest absolute Gasteiger partial charge is 0.316 e. The molecule has 11 heavy (non-hydrogen) atoms. The van der Waals surface area contributed by atoms with E-state index in [-0.39, 0.29) is 0 Å². The van der Waals surface area contributed by atoms with Gasteiger partial charge in [0.05, 0.1) is 0 Å². The summed E-state index contributed by atoms with van der Waals surface area (Å²) in [6.45, 7) is 10.6. The summed E-state index contributed by atoms with van der Waals surface area (Å²) in [5, 5.41) is 3.31. The van der Waals surface area contributed by atoms with Gasteiger partial charge in [-0.3, -0.25) is 0 Å². The molecule has 1 unspecified atom stereocenters. The van der Waals surface area contributed by atoms with Gasteiger partial charge in [0.2, 0.25) is 0 Å². The summed E-state index contributed by atoms with van der Waals surface area (Å²) >= 11 is 0. The average molecular weight is 155 g/mol. The lowest BCUT2D eigenvalue weighted by Crippen LogP contribution is -2.30. The van der Waals surface area contributed by atoms with Crippen LogP contribution in [0.25, 0.3) is 0 Å². The molecule has 0 amide bonds. The highest BCUT2D eigenvalue weighted by Crippen LogP contribution is 2.12. The lowest BCUT2D eigenvalue weighted by molar-refractivity contribution is 0.421. The molecule has 0 aliphatic carbocycles. The van der Waals surface area contributed by atoms with Gasteiger partial charge in [-0.1, -0.05) is 32.9 Å². The Morgan fingerprint density at radius 2 is 2.00 bits per heavy atom. The van der Waals surface area contributed by atoms with Crippen molar-refractivity contribution in [3.8, 4) is 0 Å². The molecule has 0 aromatic rings. The Bertz CT molecular complexity index is 116. The van der Waals surface area contributed by atoms with Crippen molar-refractivity contribution in [2.24, 2.45) is 5.92 Å². The molecule has 0 aromatic carbocycles. The molecular formula is C10H21N. The summed E-state index contributed by atoms with van der Waals surface area (Å²) in [7, 11) is 2.02. The predicted octanol–water partition coefficient (Wildman–Crippen LogP) is 2.59. The molecule has 1 atom stereocenters. The zero-order valence-electron chi connectivity index (χ0n) is 8.28. The van der Waals surface area contributed by atoms with Crippen molar-refractivity contribution in [2.45, 2.75) is 39.7 Å². The average Bonchev–Trinajstić information content (AvgIpc) is 1.99. The SMILES string of the molecule is C=C(CC)CC(NC)C(C)C. The van der Waals surface area contributed by atoms with Crippen LogP contribution in [0.5, 0.6) is 0 Å². The third-order valence-corrected chi connectivity index (χ3v) is 2.18. The monoisotopic (exact) mass is 155 g/mol. The molecule has 1 N–H and O–H groups in total. The van der Waals surface area contributed by atoms with Gasteiger partial charge in [0.1, 0.15) is 0 Å². The first kappa shape index (κ1) is 10.7. The van der Waals surface area contributed by atoms with E-state index in [1.165, 1.54) is 5.57 Å². The Balaban J connectivity index is 3.78. The van der Waals surface area contributed by atoms with Crippen LogP contribution in [-0.4, -0.2) is 13.1 Å². The van der Waals surface area contributed by atoms with Crippen molar-refractivity contribution in [3.05, 3.63) is 12.2 Å². The molecule has 0 aliphatic heterocycles. The van der Waals surface area contributed by atoms with Gasteiger partial charge in [-0.25, -0.2) is 0 Å². The highest BCUT2D eigenvalue weighted by atomic mass is 14.9. The van der Waals surface area contributed by atoms with Gasteiger partial charge in [-0.05, 0) is 25.8 Å². The van der Waals surface area contributed by atoms with Gasteiger partial charge in [-0.15, -0.1) is 0 Å². The number of nitrogens with one attached hydrogen (secondary N) is 1. The van der Waals surface area contributed by atoms with Crippen LogP contribution in [0.15, 0.2) is 12.2 Å². The van der Waals surface area contributed by atoms with Crippen LogP contribution in [0, 0.1) is 5.92 Å². The van der Waals surface area contributed by atoms with Crippen LogP contribution in [0.4, 0.5) is 0 Å². The molecule has 66 valence electrons. The summed E-state index contributed by atoms with van der Waals surface area (Å²) in [6.07, 6.45) is 2.22. The lowest BCUT2D eigenvalue weighted by Gasteiger charge is -2.20. The molecule has 1 nitrogen and oxygen atoms in total. The fourth-order valence-electron chi connectivity index (χ4n) is 1.13. The quantitative estimate of drug-likeness (QED) is 0.602. The fraction of sp³-hybridized carbons (Fsp3) is 0.800. The summed E-state index contributed by atoms with van der Waals surface area (Å²) in [5.41, 5.74) is 1.35. The van der Waals surface area contributed by atoms with Crippen LogP contribution < -0.4 is 5.32 Å². The second kappa shape index (κ2) is 5.36. The Hall–Kier alpha value is -0.300. The van der Waals surface area contributed by atoms with Crippen LogP contribution >= 0.6 is 0 Å². The van der Waals surface area contributed by atoms with E-state index < -0.39 is 0 Å². The van der Waals surface area contributed by atoms with Gasteiger partial charge in [-0.2, -0.15) is 0 Å². The molecule has 0 aliphatic rings. The van der Waals surface area contributed by atoms with Gasteiger partial charge in [0.15, 0.2) is 0 Å². The van der Waals surface area contributed by atoms with Gasteiger partial charge >= 0.3 is 0 Å². The molecule has 1 heteroatoms. The topological polar surface area (TPSA) is 12.0 Å². The zero-order chi connectivity index (χ0) is 8.85. The maximum atomic E-state index is 4.00. The maximum absolute atomic E-state index is 4.00. The molecule has 0 saturated heterocycles. The van der Waals surface area contributed by atoms with E-state index in [1.807, 2.05) is 7.05 Å². The smallest absolute Gasteiger partial charge is 0.0124 e. The molecule has 0 radical (unpaired) electrons. The van der Waals surface area contributed by atoms with E-state index in [4.69, 9.17) is 0 Å². The minimum absolute atomic E-state index is 0.599. The minimum atomic E-state index is 0.599. The molecule has 0 bridgehead atoms. The minimum Gasteiger partial charge on any atom is -0.316 e. The third-order valence-electron chi connectivity index (χ3n) is 2.18. The van der Waals surface area contributed by atoms with E-state index >= 15 is 0 Å². The Morgan fingerprint density at radius 3 is 2.27 bits per heavy atom. The Kier molecular flexibility index (Phi) is 5.22. The first-order valence-electron chi connectivity index (χ1n) is 4.45. The number of hydrogen-bond donors (Lipinski definition) is 1. The van der Waals surface area contributed by atoms with Crippen LogP contribution in [0.1, 0.15) is 33.6 Å². The van der Waals surface area contributed by atoms with Crippen molar-refractivity contribution in [1.82, 2.24) is 5.32 Å². The highest BCUT2D eigenvalue weighted by molar-refractivity contribution is 4.96. The lowest BCUT2D eigenvalue weighted by atomic mass is 9.96. The zero-order valence-corrected chi connectivity index (χ0v) is 8.28. The van der Waals surface area contributed by atoms with E-state index in [9.17, 15) is 0 Å². The molecule has 0 heterocycles. The highest BCUT2D eigenvalue weighted by Gasteiger charge is 2.10. The van der Waals surface area contributed by atoms with E-state index in [0.717, 1.165) is 12.8 Å². The second-order valence-electron chi connectivity index (χ2n) is 3.45. The van der Waals surface area contributed by atoms with Gasteiger partial charge in [0, 0.05) is 6.04 Å². The molecular weight excluding hydrogens is 134 g/mol.